The molecule has 0 bridgehead atoms. The summed E-state index contributed by atoms with van der Waals surface area (Å²) >= 11 is 0. The largest absolute Gasteiger partial charge is 0.495 e. The van der Waals surface area contributed by atoms with Gasteiger partial charge in [-0.2, -0.15) is 5.26 Å². The second-order valence-electron chi connectivity index (χ2n) is 2.03. The standard InChI is InChI=1S/C7H6N2O2/c8-4-3-5-1-2-6(10)9-7(5)11/h1-2H,3H2,(H2,9,10,11). The smallest absolute Gasteiger partial charge is 0.254 e. The number of nitrogens with zero attached hydrogens (tertiary/aromatic N) is 1. The molecule has 1 rings (SSSR count). The van der Waals surface area contributed by atoms with E-state index in [9.17, 15) is 4.79 Å². The van der Waals surface area contributed by atoms with E-state index in [1.807, 2.05) is 6.07 Å². The number of hydrogen-bond donors (Lipinski definition) is 2. The molecule has 0 unspecified atom stereocenters. The Hall–Kier alpha value is -1.76. The maximum absolute atomic E-state index is 10.9. The van der Waals surface area contributed by atoms with Gasteiger partial charge in [0.1, 0.15) is 0 Å². The molecule has 11 heavy (non-hydrogen) atoms. The third-order valence-corrected chi connectivity index (χ3v) is 1.25. The molecule has 0 aliphatic rings. The Morgan fingerprint density at radius 3 is 2.91 bits per heavy atom. The minimum Gasteiger partial charge on any atom is -0.495 e. The Morgan fingerprint density at radius 1 is 1.64 bits per heavy atom. The summed E-state index contributed by atoms with van der Waals surface area (Å²) < 4.78 is 0. The van der Waals surface area contributed by atoms with E-state index >= 15 is 0 Å². The van der Waals surface area contributed by atoms with Crippen molar-refractivity contribution < 1.29 is 5.11 Å². The summed E-state index contributed by atoms with van der Waals surface area (Å²) in [5.74, 6) is -0.184. The Balaban J connectivity index is 3.12. The maximum Gasteiger partial charge on any atom is 0.254 e. The van der Waals surface area contributed by atoms with Gasteiger partial charge in [0.15, 0.2) is 5.88 Å². The summed E-state index contributed by atoms with van der Waals surface area (Å²) in [5.41, 5.74) is -0.0446. The predicted molar refractivity (Wildman–Crippen MR) is 38.0 cm³/mol. The van der Waals surface area contributed by atoms with E-state index in [4.69, 9.17) is 10.4 Å². The number of aromatic amines is 1. The van der Waals surface area contributed by atoms with Crippen LogP contribution in [0.4, 0.5) is 0 Å². The van der Waals surface area contributed by atoms with Gasteiger partial charge in [-0.3, -0.25) is 9.78 Å². The Bertz CT molecular complexity index is 348. The maximum atomic E-state index is 10.9. The Kier molecular flexibility index (Phi) is 1.93. The minimum absolute atomic E-state index is 0.0651. The molecule has 4 nitrogen and oxygen atoms in total. The summed E-state index contributed by atoms with van der Waals surface area (Å²) in [6.45, 7) is 0. The second-order valence-corrected chi connectivity index (χ2v) is 2.03. The molecule has 1 heterocycles. The molecule has 0 radical (unpaired) electrons. The summed E-state index contributed by atoms with van der Waals surface area (Å²) in [7, 11) is 0. The third kappa shape index (κ3) is 1.58. The second kappa shape index (κ2) is 2.88. The van der Waals surface area contributed by atoms with E-state index in [0.29, 0.717) is 5.56 Å². The van der Waals surface area contributed by atoms with Crippen molar-refractivity contribution in [2.75, 3.05) is 0 Å². The lowest BCUT2D eigenvalue weighted by molar-refractivity contribution is 0.451. The third-order valence-electron chi connectivity index (χ3n) is 1.25. The summed E-state index contributed by atoms with van der Waals surface area (Å²) in [6, 6.07) is 4.61. The van der Waals surface area contributed by atoms with Crippen molar-refractivity contribution in [2.24, 2.45) is 0 Å². The van der Waals surface area contributed by atoms with Crippen LogP contribution >= 0.6 is 0 Å². The van der Waals surface area contributed by atoms with Crippen molar-refractivity contribution in [3.63, 3.8) is 0 Å². The first kappa shape index (κ1) is 7.35. The molecule has 1 aromatic rings. The van der Waals surface area contributed by atoms with Crippen molar-refractivity contribution in [3.05, 3.63) is 28.0 Å². The fourth-order valence-electron chi connectivity index (χ4n) is 0.718. The fourth-order valence-corrected chi connectivity index (χ4v) is 0.718. The molecular weight excluding hydrogens is 144 g/mol. The zero-order valence-corrected chi connectivity index (χ0v) is 5.66. The lowest BCUT2D eigenvalue weighted by Gasteiger charge is -1.92. The minimum atomic E-state index is -0.411. The molecule has 0 aliphatic carbocycles. The SMILES string of the molecule is N#CCc1ccc(O)[nH]c1=O. The van der Waals surface area contributed by atoms with Crippen LogP contribution in [0.25, 0.3) is 0 Å². The van der Waals surface area contributed by atoms with Gasteiger partial charge in [0, 0.05) is 5.56 Å². The summed E-state index contributed by atoms with van der Waals surface area (Å²) in [6.07, 6.45) is 0.0651. The van der Waals surface area contributed by atoms with Gasteiger partial charge in [-0.05, 0) is 12.1 Å². The average Bonchev–Trinajstić information content (AvgIpc) is 1.95. The van der Waals surface area contributed by atoms with Gasteiger partial charge in [-0.1, -0.05) is 0 Å². The lowest BCUT2D eigenvalue weighted by Crippen LogP contribution is -2.10. The van der Waals surface area contributed by atoms with Crippen LogP contribution in [-0.2, 0) is 6.42 Å². The van der Waals surface area contributed by atoms with Crippen LogP contribution in [0.1, 0.15) is 5.56 Å². The van der Waals surface area contributed by atoms with E-state index in [-0.39, 0.29) is 12.3 Å². The van der Waals surface area contributed by atoms with Crippen LogP contribution in [0.2, 0.25) is 0 Å². The molecule has 0 fully saturated rings. The molecule has 0 amide bonds. The first-order valence-corrected chi connectivity index (χ1v) is 3.02. The van der Waals surface area contributed by atoms with Crippen molar-refractivity contribution in [2.45, 2.75) is 6.42 Å². The van der Waals surface area contributed by atoms with Gasteiger partial charge in [-0.15, -0.1) is 0 Å². The molecule has 0 spiro atoms. The first-order valence-electron chi connectivity index (χ1n) is 3.02. The van der Waals surface area contributed by atoms with Crippen molar-refractivity contribution in [1.82, 2.24) is 4.98 Å². The molecule has 2 N–H and O–H groups in total. The number of hydrogen-bond acceptors (Lipinski definition) is 3. The van der Waals surface area contributed by atoms with Crippen molar-refractivity contribution in [1.29, 1.82) is 5.26 Å². The summed E-state index contributed by atoms with van der Waals surface area (Å²) in [4.78, 5) is 13.0. The van der Waals surface area contributed by atoms with Crippen LogP contribution in [-0.4, -0.2) is 10.1 Å². The number of rotatable bonds is 1. The highest BCUT2D eigenvalue weighted by Crippen LogP contribution is 1.99. The molecule has 4 heteroatoms. The van der Waals surface area contributed by atoms with Gasteiger partial charge in [0.2, 0.25) is 0 Å². The molecule has 56 valence electrons. The van der Waals surface area contributed by atoms with Crippen LogP contribution in [0.15, 0.2) is 16.9 Å². The van der Waals surface area contributed by atoms with Gasteiger partial charge in [0.05, 0.1) is 12.5 Å². The average molecular weight is 150 g/mol. The monoisotopic (exact) mass is 150 g/mol. The number of nitriles is 1. The highest BCUT2D eigenvalue weighted by Gasteiger charge is 1.97. The topological polar surface area (TPSA) is 76.9 Å². The van der Waals surface area contributed by atoms with Gasteiger partial charge < -0.3 is 5.11 Å². The van der Waals surface area contributed by atoms with Gasteiger partial charge in [0.25, 0.3) is 5.56 Å². The zero-order chi connectivity index (χ0) is 8.27. The lowest BCUT2D eigenvalue weighted by atomic mass is 10.2. The van der Waals surface area contributed by atoms with E-state index in [0.717, 1.165) is 0 Å². The quantitative estimate of drug-likeness (QED) is 0.598. The van der Waals surface area contributed by atoms with Crippen LogP contribution in [0.5, 0.6) is 5.88 Å². The summed E-state index contributed by atoms with van der Waals surface area (Å²) in [5, 5.41) is 17.0. The molecule has 1 aromatic heterocycles. The Morgan fingerprint density at radius 2 is 2.36 bits per heavy atom. The highest BCUT2D eigenvalue weighted by atomic mass is 16.3. The Labute approximate surface area is 62.7 Å². The normalized spacial score (nSPS) is 9.00. The number of pyridine rings is 1. The fraction of sp³-hybridized carbons (Fsp3) is 0.143. The van der Waals surface area contributed by atoms with E-state index in [2.05, 4.69) is 4.98 Å². The number of H-pyrrole nitrogens is 1. The number of aromatic hydroxyl groups is 1. The molecule has 0 saturated heterocycles. The first-order chi connectivity index (χ1) is 5.24. The molecule has 0 atom stereocenters. The van der Waals surface area contributed by atoms with Crippen LogP contribution in [0, 0.1) is 11.3 Å². The van der Waals surface area contributed by atoms with E-state index in [1.165, 1.54) is 12.1 Å². The van der Waals surface area contributed by atoms with Crippen LogP contribution < -0.4 is 5.56 Å². The van der Waals surface area contributed by atoms with E-state index < -0.39 is 5.56 Å². The van der Waals surface area contributed by atoms with E-state index in [1.54, 1.807) is 0 Å². The molecule has 0 aliphatic heterocycles. The van der Waals surface area contributed by atoms with Crippen LogP contribution in [0.3, 0.4) is 0 Å². The number of aromatic nitrogens is 1. The van der Waals surface area contributed by atoms with Gasteiger partial charge in [-0.25, -0.2) is 0 Å². The van der Waals surface area contributed by atoms with Gasteiger partial charge >= 0.3 is 0 Å². The molecule has 0 aromatic carbocycles. The van der Waals surface area contributed by atoms with Crippen molar-refractivity contribution >= 4 is 0 Å². The predicted octanol–water partition coefficient (Wildman–Crippen LogP) is 0.147. The highest BCUT2D eigenvalue weighted by molar-refractivity contribution is 5.19. The molecule has 0 saturated carbocycles. The van der Waals surface area contributed by atoms with Crippen molar-refractivity contribution in [3.8, 4) is 11.9 Å². The zero-order valence-electron chi connectivity index (χ0n) is 5.66. The number of nitrogens with one attached hydrogen (secondary N) is 1. The molecular formula is C7H6N2O2.